The minimum Gasteiger partial charge on any atom is -0.346 e. The van der Waals surface area contributed by atoms with E-state index in [9.17, 15) is 0 Å². The number of quaternary nitrogens is 1. The van der Waals surface area contributed by atoms with Gasteiger partial charge in [0.15, 0.2) is 0 Å². The van der Waals surface area contributed by atoms with Crippen molar-refractivity contribution in [1.29, 1.82) is 0 Å². The lowest BCUT2D eigenvalue weighted by molar-refractivity contribution is -0.663. The smallest absolute Gasteiger partial charge is 0.0761 e. The minimum atomic E-state index is 0.859. The molecule has 2 N–H and O–H groups in total. The quantitative estimate of drug-likeness (QED) is 0.739. The molecular weight excluding hydrogens is 194 g/mol. The van der Waals surface area contributed by atoms with Crippen LogP contribution in [-0.4, -0.2) is 13.1 Å². The highest BCUT2D eigenvalue weighted by atomic mass is 14.9. The van der Waals surface area contributed by atoms with Gasteiger partial charge in [-0.2, -0.15) is 0 Å². The first-order chi connectivity index (χ1) is 7.95. The molecule has 0 amide bonds. The van der Waals surface area contributed by atoms with Crippen molar-refractivity contribution < 1.29 is 5.32 Å². The fraction of sp³-hybridized carbons (Fsp3) is 0.600. The molecule has 0 spiro atoms. The molecule has 0 aromatic heterocycles. The number of piperidine rings is 1. The van der Waals surface area contributed by atoms with Crippen LogP contribution in [0.2, 0.25) is 0 Å². The van der Waals surface area contributed by atoms with Crippen molar-refractivity contribution in [3.8, 4) is 0 Å². The van der Waals surface area contributed by atoms with E-state index in [2.05, 4.69) is 23.5 Å². The molecule has 1 aromatic carbocycles. The van der Waals surface area contributed by atoms with E-state index < -0.39 is 0 Å². The fourth-order valence-electron chi connectivity index (χ4n) is 3.43. The Hall–Kier alpha value is -0.820. The molecule has 16 heavy (non-hydrogen) atoms. The van der Waals surface area contributed by atoms with Crippen molar-refractivity contribution in [2.24, 2.45) is 0 Å². The first-order valence-electron chi connectivity index (χ1n) is 6.87. The number of benzene rings is 1. The first-order valence-corrected chi connectivity index (χ1v) is 6.87. The average Bonchev–Trinajstić information content (AvgIpc) is 2.39. The molecule has 1 heterocycles. The molecule has 0 atom stereocenters. The van der Waals surface area contributed by atoms with E-state index >= 15 is 0 Å². The maximum absolute atomic E-state index is 2.46. The normalized spacial score (nSPS) is 21.8. The monoisotopic (exact) mass is 216 g/mol. The fourth-order valence-corrected chi connectivity index (χ4v) is 3.43. The molecule has 0 unspecified atom stereocenters. The van der Waals surface area contributed by atoms with Crippen LogP contribution in [0.3, 0.4) is 0 Å². The Bertz CT molecular complexity index is 364. The second-order valence-electron chi connectivity index (χ2n) is 5.33. The summed E-state index contributed by atoms with van der Waals surface area (Å²) >= 11 is 0. The van der Waals surface area contributed by atoms with Gasteiger partial charge in [-0.1, -0.05) is 18.2 Å². The van der Waals surface area contributed by atoms with Crippen LogP contribution < -0.4 is 5.32 Å². The standard InChI is InChI=1S/C15H21N/c1-2-6-14-12(4-1)5-3-7-15(14)13-8-10-16-11-9-13/h3,5,7,13,16H,1-2,4,6,8-11H2/p+1. The van der Waals surface area contributed by atoms with Gasteiger partial charge in [-0.25, -0.2) is 0 Å². The van der Waals surface area contributed by atoms with E-state index in [1.54, 1.807) is 16.7 Å². The highest BCUT2D eigenvalue weighted by Crippen LogP contribution is 2.32. The summed E-state index contributed by atoms with van der Waals surface area (Å²) in [5.74, 6) is 0.859. The van der Waals surface area contributed by atoms with Crippen LogP contribution in [0.4, 0.5) is 0 Å². The van der Waals surface area contributed by atoms with Crippen molar-refractivity contribution in [2.75, 3.05) is 13.1 Å². The third-order valence-corrected chi connectivity index (χ3v) is 4.31. The summed E-state index contributed by atoms with van der Waals surface area (Å²) in [5, 5.41) is 2.46. The summed E-state index contributed by atoms with van der Waals surface area (Å²) in [7, 11) is 0. The lowest BCUT2D eigenvalue weighted by Gasteiger charge is -2.26. The van der Waals surface area contributed by atoms with E-state index in [1.165, 1.54) is 51.6 Å². The SMILES string of the molecule is c1cc2c(c(C3CC[NH2+]CC3)c1)CCCC2. The summed E-state index contributed by atoms with van der Waals surface area (Å²) in [5.41, 5.74) is 5.07. The van der Waals surface area contributed by atoms with Gasteiger partial charge in [0, 0.05) is 12.8 Å². The maximum atomic E-state index is 2.46. The van der Waals surface area contributed by atoms with Crippen LogP contribution in [0, 0.1) is 0 Å². The molecule has 1 aromatic rings. The first kappa shape index (κ1) is 10.3. The van der Waals surface area contributed by atoms with Gasteiger partial charge in [-0.15, -0.1) is 0 Å². The average molecular weight is 216 g/mol. The van der Waals surface area contributed by atoms with Crippen LogP contribution in [0.15, 0.2) is 18.2 Å². The molecule has 1 saturated heterocycles. The van der Waals surface area contributed by atoms with Crippen molar-refractivity contribution in [3.05, 3.63) is 34.9 Å². The lowest BCUT2D eigenvalue weighted by Crippen LogP contribution is -2.86. The highest BCUT2D eigenvalue weighted by molar-refractivity contribution is 5.39. The van der Waals surface area contributed by atoms with Gasteiger partial charge in [-0.05, 0) is 48.3 Å². The summed E-state index contributed by atoms with van der Waals surface area (Å²) < 4.78 is 0. The zero-order valence-corrected chi connectivity index (χ0v) is 10.0. The van der Waals surface area contributed by atoms with E-state index in [1.807, 2.05) is 0 Å². The van der Waals surface area contributed by atoms with Crippen LogP contribution in [0.5, 0.6) is 0 Å². The van der Waals surface area contributed by atoms with Crippen LogP contribution in [-0.2, 0) is 12.8 Å². The van der Waals surface area contributed by atoms with E-state index in [-0.39, 0.29) is 0 Å². The summed E-state index contributed by atoms with van der Waals surface area (Å²) in [6.45, 7) is 2.66. The zero-order valence-electron chi connectivity index (χ0n) is 10.0. The molecule has 0 saturated carbocycles. The van der Waals surface area contributed by atoms with Gasteiger partial charge >= 0.3 is 0 Å². The maximum Gasteiger partial charge on any atom is 0.0761 e. The number of hydrogen-bond donors (Lipinski definition) is 1. The molecule has 1 heteroatoms. The van der Waals surface area contributed by atoms with Crippen LogP contribution >= 0.6 is 0 Å². The van der Waals surface area contributed by atoms with Gasteiger partial charge in [0.05, 0.1) is 13.1 Å². The van der Waals surface area contributed by atoms with Crippen molar-refractivity contribution >= 4 is 0 Å². The predicted octanol–water partition coefficient (Wildman–Crippen LogP) is 2.01. The Morgan fingerprint density at radius 1 is 1.00 bits per heavy atom. The minimum absolute atomic E-state index is 0.859. The molecular formula is C15H22N+. The van der Waals surface area contributed by atoms with Crippen molar-refractivity contribution in [3.63, 3.8) is 0 Å². The molecule has 0 radical (unpaired) electrons. The lowest BCUT2D eigenvalue weighted by atomic mass is 9.81. The number of fused-ring (bicyclic) bond motifs is 1. The second kappa shape index (κ2) is 4.58. The summed E-state index contributed by atoms with van der Waals surface area (Å²) in [6.07, 6.45) is 8.23. The molecule has 1 aliphatic carbocycles. The van der Waals surface area contributed by atoms with E-state index in [0.717, 1.165) is 5.92 Å². The molecule has 1 fully saturated rings. The molecule has 0 bridgehead atoms. The number of aryl methyl sites for hydroxylation is 1. The summed E-state index contributed by atoms with van der Waals surface area (Å²) in [6, 6.07) is 7.05. The number of nitrogens with two attached hydrogens (primary N) is 1. The second-order valence-corrected chi connectivity index (χ2v) is 5.33. The number of rotatable bonds is 1. The van der Waals surface area contributed by atoms with Gasteiger partial charge in [-0.3, -0.25) is 0 Å². The van der Waals surface area contributed by atoms with Crippen molar-refractivity contribution in [2.45, 2.75) is 44.4 Å². The third kappa shape index (κ3) is 1.89. The Labute approximate surface area is 98.3 Å². The molecule has 1 nitrogen and oxygen atoms in total. The summed E-state index contributed by atoms with van der Waals surface area (Å²) in [4.78, 5) is 0. The van der Waals surface area contributed by atoms with Crippen molar-refractivity contribution in [1.82, 2.24) is 0 Å². The Morgan fingerprint density at radius 3 is 2.69 bits per heavy atom. The molecule has 1 aliphatic heterocycles. The Balaban J connectivity index is 1.93. The predicted molar refractivity (Wildman–Crippen MR) is 66.7 cm³/mol. The third-order valence-electron chi connectivity index (χ3n) is 4.31. The largest absolute Gasteiger partial charge is 0.346 e. The molecule has 2 aliphatic rings. The Kier molecular flexibility index (Phi) is 2.96. The van der Waals surface area contributed by atoms with Gasteiger partial charge in [0.2, 0.25) is 0 Å². The Morgan fingerprint density at radius 2 is 1.81 bits per heavy atom. The van der Waals surface area contributed by atoms with Crippen LogP contribution in [0.1, 0.15) is 48.3 Å². The number of hydrogen-bond acceptors (Lipinski definition) is 0. The zero-order chi connectivity index (χ0) is 10.8. The molecule has 86 valence electrons. The van der Waals surface area contributed by atoms with Gasteiger partial charge in [0.25, 0.3) is 0 Å². The van der Waals surface area contributed by atoms with Crippen LogP contribution in [0.25, 0.3) is 0 Å². The topological polar surface area (TPSA) is 16.6 Å². The van der Waals surface area contributed by atoms with Gasteiger partial charge in [0.1, 0.15) is 0 Å². The van der Waals surface area contributed by atoms with E-state index in [4.69, 9.17) is 0 Å². The van der Waals surface area contributed by atoms with E-state index in [0.29, 0.717) is 0 Å². The molecule has 3 rings (SSSR count). The van der Waals surface area contributed by atoms with Gasteiger partial charge < -0.3 is 5.32 Å². The highest BCUT2D eigenvalue weighted by Gasteiger charge is 2.22.